The van der Waals surface area contributed by atoms with Crippen LogP contribution in [0, 0.1) is 0 Å². The Hall–Kier alpha value is -2.02. The molecule has 102 valence electrons. The second-order valence-electron chi connectivity index (χ2n) is 4.23. The van der Waals surface area contributed by atoms with Crippen molar-refractivity contribution in [3.8, 4) is 11.8 Å². The second kappa shape index (κ2) is 4.93. The molecule has 1 saturated heterocycles. The van der Waals surface area contributed by atoms with Crippen LogP contribution >= 0.6 is 0 Å². The number of aromatic nitrogens is 2. The Bertz CT molecular complexity index is 502. The molecule has 0 unspecified atom stereocenters. The molecule has 0 spiro atoms. The van der Waals surface area contributed by atoms with Gasteiger partial charge in [-0.05, 0) is 23.2 Å². The summed E-state index contributed by atoms with van der Waals surface area (Å²) in [5.41, 5.74) is 0. The van der Waals surface area contributed by atoms with Crippen LogP contribution in [-0.4, -0.2) is 24.5 Å². The zero-order valence-corrected chi connectivity index (χ0v) is 10.7. The highest BCUT2D eigenvalue weighted by Gasteiger charge is 2.33. The van der Waals surface area contributed by atoms with Gasteiger partial charge in [0.2, 0.25) is 0 Å². The van der Waals surface area contributed by atoms with Crippen LogP contribution in [0.3, 0.4) is 0 Å². The highest BCUT2D eigenvalue weighted by atomic mass is 16.6. The molecule has 0 N–H and O–H groups in total. The van der Waals surface area contributed by atoms with Crippen molar-refractivity contribution in [1.29, 1.82) is 0 Å². The summed E-state index contributed by atoms with van der Waals surface area (Å²) in [6, 6.07) is 3.46. The van der Waals surface area contributed by atoms with Gasteiger partial charge in [-0.15, -0.1) is 0 Å². The summed E-state index contributed by atoms with van der Waals surface area (Å²) in [6.45, 7) is 0. The van der Waals surface area contributed by atoms with E-state index in [1.807, 2.05) is 0 Å². The van der Waals surface area contributed by atoms with Gasteiger partial charge < -0.3 is 23.3 Å². The third kappa shape index (κ3) is 2.28. The largest absolute Gasteiger partial charge is 0.479 e. The summed E-state index contributed by atoms with van der Waals surface area (Å²) in [5, 5.41) is 7.52. The molecule has 0 aliphatic carbocycles. The minimum Gasteiger partial charge on any atom is -0.479 e. The topological polar surface area (TPSA) is 79.8 Å². The third-order valence-electron chi connectivity index (χ3n) is 3.09. The predicted molar refractivity (Wildman–Crippen MR) is 61.9 cm³/mol. The van der Waals surface area contributed by atoms with Crippen LogP contribution in [0.4, 0.5) is 0 Å². The first-order valence-corrected chi connectivity index (χ1v) is 5.97. The molecule has 0 bridgehead atoms. The normalized spacial score (nSPS) is 22.6. The molecule has 3 heterocycles. The minimum absolute atomic E-state index is 0.141. The van der Waals surface area contributed by atoms with Crippen molar-refractivity contribution >= 4 is 0 Å². The van der Waals surface area contributed by atoms with E-state index in [1.165, 1.54) is 0 Å². The first-order valence-electron chi connectivity index (χ1n) is 5.97. The molecule has 2 aromatic heterocycles. The summed E-state index contributed by atoms with van der Waals surface area (Å²) in [6.07, 6.45) is 1.37. The molecular formula is C12H14N2O5. The fourth-order valence-corrected chi connectivity index (χ4v) is 2.10. The summed E-state index contributed by atoms with van der Waals surface area (Å²) in [5.74, 6) is 2.21. The number of hydrogen-bond donors (Lipinski definition) is 0. The molecule has 0 aromatic carbocycles. The lowest BCUT2D eigenvalue weighted by Crippen LogP contribution is -1.97. The van der Waals surface area contributed by atoms with Gasteiger partial charge in [-0.25, -0.2) is 0 Å². The summed E-state index contributed by atoms with van der Waals surface area (Å²) in [4.78, 5) is 0. The Morgan fingerprint density at radius 1 is 0.947 bits per heavy atom. The van der Waals surface area contributed by atoms with Gasteiger partial charge in [-0.3, -0.25) is 0 Å². The highest BCUT2D eigenvalue weighted by molar-refractivity contribution is 5.16. The Morgan fingerprint density at radius 3 is 1.79 bits per heavy atom. The number of methoxy groups -OCH3 is 2. The van der Waals surface area contributed by atoms with E-state index in [0.29, 0.717) is 23.3 Å². The van der Waals surface area contributed by atoms with E-state index in [-0.39, 0.29) is 12.2 Å². The zero-order valence-electron chi connectivity index (χ0n) is 10.7. The van der Waals surface area contributed by atoms with Crippen molar-refractivity contribution in [2.45, 2.75) is 25.0 Å². The van der Waals surface area contributed by atoms with Crippen molar-refractivity contribution in [2.75, 3.05) is 14.2 Å². The SMILES string of the molecule is COc1cc([C@@H]2CC[C@@H](c3cc(OC)no3)O2)on1. The van der Waals surface area contributed by atoms with E-state index in [0.717, 1.165) is 12.8 Å². The van der Waals surface area contributed by atoms with Gasteiger partial charge in [0.25, 0.3) is 11.8 Å². The van der Waals surface area contributed by atoms with Gasteiger partial charge in [-0.1, -0.05) is 0 Å². The molecule has 0 amide bonds. The van der Waals surface area contributed by atoms with Gasteiger partial charge in [0, 0.05) is 12.1 Å². The molecule has 19 heavy (non-hydrogen) atoms. The van der Waals surface area contributed by atoms with Gasteiger partial charge >= 0.3 is 0 Å². The van der Waals surface area contributed by atoms with Crippen LogP contribution < -0.4 is 9.47 Å². The van der Waals surface area contributed by atoms with Crippen molar-refractivity contribution in [1.82, 2.24) is 10.3 Å². The standard InChI is InChI=1S/C12H14N2O5/c1-15-11-5-9(18-13-11)7-3-4-8(17-7)10-6-12(16-2)14-19-10/h5-8H,3-4H2,1-2H3/t7-,8-/m0/s1. The molecule has 2 atom stereocenters. The van der Waals surface area contributed by atoms with Crippen molar-refractivity contribution < 1.29 is 23.3 Å². The maximum absolute atomic E-state index is 5.87. The second-order valence-corrected chi connectivity index (χ2v) is 4.23. The predicted octanol–water partition coefficient (Wildman–Crippen LogP) is 2.27. The molecule has 7 nitrogen and oxygen atoms in total. The van der Waals surface area contributed by atoms with E-state index < -0.39 is 0 Å². The fraction of sp³-hybridized carbons (Fsp3) is 0.500. The first kappa shape index (κ1) is 12.0. The molecule has 1 fully saturated rings. The Balaban J connectivity index is 1.69. The van der Waals surface area contributed by atoms with E-state index in [4.69, 9.17) is 23.3 Å². The minimum atomic E-state index is -0.141. The lowest BCUT2D eigenvalue weighted by atomic mass is 10.1. The molecule has 0 radical (unpaired) electrons. The van der Waals surface area contributed by atoms with Crippen LogP contribution in [0.2, 0.25) is 0 Å². The average molecular weight is 266 g/mol. The van der Waals surface area contributed by atoms with Crippen LogP contribution in [0.15, 0.2) is 21.2 Å². The number of nitrogens with zero attached hydrogens (tertiary/aromatic N) is 2. The maximum Gasteiger partial charge on any atom is 0.254 e. The van der Waals surface area contributed by atoms with Gasteiger partial charge in [0.05, 0.1) is 14.2 Å². The fourth-order valence-electron chi connectivity index (χ4n) is 2.10. The van der Waals surface area contributed by atoms with E-state index in [1.54, 1.807) is 26.4 Å². The Morgan fingerprint density at radius 2 is 1.42 bits per heavy atom. The zero-order chi connectivity index (χ0) is 13.2. The Kier molecular flexibility index (Phi) is 3.12. The lowest BCUT2D eigenvalue weighted by Gasteiger charge is -2.07. The summed E-state index contributed by atoms with van der Waals surface area (Å²) < 4.78 is 26.2. The molecule has 7 heteroatoms. The molecule has 2 aromatic rings. The van der Waals surface area contributed by atoms with Gasteiger partial charge in [0.1, 0.15) is 12.2 Å². The molecular weight excluding hydrogens is 252 g/mol. The maximum atomic E-state index is 5.87. The van der Waals surface area contributed by atoms with Crippen LogP contribution in [0.25, 0.3) is 0 Å². The summed E-state index contributed by atoms with van der Waals surface area (Å²) in [7, 11) is 3.08. The highest BCUT2D eigenvalue weighted by Crippen LogP contribution is 2.41. The van der Waals surface area contributed by atoms with Crippen molar-refractivity contribution in [3.63, 3.8) is 0 Å². The van der Waals surface area contributed by atoms with Crippen molar-refractivity contribution in [3.05, 3.63) is 23.7 Å². The number of rotatable bonds is 4. The van der Waals surface area contributed by atoms with Crippen LogP contribution in [0.1, 0.15) is 36.6 Å². The molecule has 1 aliphatic rings. The van der Waals surface area contributed by atoms with E-state index >= 15 is 0 Å². The number of hydrogen-bond acceptors (Lipinski definition) is 7. The smallest absolute Gasteiger partial charge is 0.254 e. The molecule has 0 saturated carbocycles. The van der Waals surface area contributed by atoms with E-state index in [2.05, 4.69) is 10.3 Å². The molecule has 3 rings (SSSR count). The first-order chi connectivity index (χ1) is 9.30. The van der Waals surface area contributed by atoms with Crippen LogP contribution in [0.5, 0.6) is 11.8 Å². The quantitative estimate of drug-likeness (QED) is 0.839. The number of ether oxygens (including phenoxy) is 3. The third-order valence-corrected chi connectivity index (χ3v) is 3.09. The Labute approximate surface area is 109 Å². The summed E-state index contributed by atoms with van der Waals surface area (Å²) >= 11 is 0. The molecule has 1 aliphatic heterocycles. The van der Waals surface area contributed by atoms with Crippen LogP contribution in [-0.2, 0) is 4.74 Å². The van der Waals surface area contributed by atoms with Gasteiger partial charge in [-0.2, -0.15) is 0 Å². The van der Waals surface area contributed by atoms with Crippen molar-refractivity contribution in [2.24, 2.45) is 0 Å². The van der Waals surface area contributed by atoms with Gasteiger partial charge in [0.15, 0.2) is 11.5 Å². The lowest BCUT2D eigenvalue weighted by molar-refractivity contribution is 0.0146. The van der Waals surface area contributed by atoms with E-state index in [9.17, 15) is 0 Å². The monoisotopic (exact) mass is 266 g/mol. The average Bonchev–Trinajstić information content (AvgIpc) is 3.16.